The second-order valence-electron chi connectivity index (χ2n) is 7.97. The summed E-state index contributed by atoms with van der Waals surface area (Å²) in [6.07, 6.45) is 9.24. The average molecular weight is 354 g/mol. The van der Waals surface area contributed by atoms with Gasteiger partial charge in [0.2, 0.25) is 0 Å². The number of hydrogen-bond acceptors (Lipinski definition) is 2. The zero-order valence-corrected chi connectivity index (χ0v) is 15.2. The molecule has 0 bridgehead atoms. The van der Waals surface area contributed by atoms with Gasteiger partial charge in [-0.3, -0.25) is 0 Å². The van der Waals surface area contributed by atoms with Gasteiger partial charge in [-0.05, 0) is 52.9 Å². The molecule has 0 spiro atoms. The summed E-state index contributed by atoms with van der Waals surface area (Å²) in [4.78, 5) is 0. The number of halogens is 1. The van der Waals surface area contributed by atoms with Crippen LogP contribution in [0.3, 0.4) is 0 Å². The summed E-state index contributed by atoms with van der Waals surface area (Å²) in [5.41, 5.74) is 1.49. The van der Waals surface area contributed by atoms with E-state index < -0.39 is 0 Å². The summed E-state index contributed by atoms with van der Waals surface area (Å²) in [6, 6.07) is 0.603. The molecule has 1 aromatic heterocycles. The van der Waals surface area contributed by atoms with Crippen molar-refractivity contribution in [3.05, 3.63) is 10.2 Å². The Balaban J connectivity index is 1.88. The largest absolute Gasteiger partial charge is 0.369 e. The fourth-order valence-electron chi connectivity index (χ4n) is 3.89. The lowest BCUT2D eigenvalue weighted by Crippen LogP contribution is -2.30. The molecule has 1 aliphatic carbocycles. The van der Waals surface area contributed by atoms with E-state index in [4.69, 9.17) is 5.10 Å². The van der Waals surface area contributed by atoms with Crippen LogP contribution >= 0.6 is 15.9 Å². The molecule has 3 rings (SSSR count). The lowest BCUT2D eigenvalue weighted by molar-refractivity contribution is 0.221. The first-order valence-electron chi connectivity index (χ1n) is 8.46. The summed E-state index contributed by atoms with van der Waals surface area (Å²) in [6.45, 7) is 7.93. The summed E-state index contributed by atoms with van der Waals surface area (Å²) < 4.78 is 3.50. The van der Waals surface area contributed by atoms with Crippen LogP contribution in [-0.4, -0.2) is 16.3 Å². The van der Waals surface area contributed by atoms with E-state index in [2.05, 4.69) is 46.7 Å². The minimum Gasteiger partial charge on any atom is -0.369 e. The second kappa shape index (κ2) is 5.94. The molecule has 1 aromatic rings. The van der Waals surface area contributed by atoms with Gasteiger partial charge in [0.15, 0.2) is 0 Å². The van der Waals surface area contributed by atoms with Gasteiger partial charge in [-0.2, -0.15) is 5.10 Å². The van der Waals surface area contributed by atoms with Crippen molar-refractivity contribution in [2.75, 3.05) is 11.9 Å². The Kier molecular flexibility index (Phi) is 4.35. The molecule has 3 nitrogen and oxygen atoms in total. The first kappa shape index (κ1) is 15.4. The molecule has 4 heteroatoms. The Bertz CT molecular complexity index is 495. The topological polar surface area (TPSA) is 29.9 Å². The minimum absolute atomic E-state index is 0.271. The first-order chi connectivity index (χ1) is 9.96. The van der Waals surface area contributed by atoms with Crippen LogP contribution in [0.2, 0.25) is 0 Å². The quantitative estimate of drug-likeness (QED) is 0.794. The predicted octanol–water partition coefficient (Wildman–Crippen LogP) is 5.17. The molecule has 0 saturated heterocycles. The number of hydrogen-bond donors (Lipinski definition) is 1. The smallest absolute Gasteiger partial charge is 0.139 e. The maximum absolute atomic E-state index is 5.00. The molecule has 2 heterocycles. The molecule has 2 aliphatic rings. The molecule has 1 N–H and O–H groups in total. The van der Waals surface area contributed by atoms with Crippen molar-refractivity contribution in [1.82, 2.24) is 9.78 Å². The lowest BCUT2D eigenvalue weighted by atomic mass is 9.82. The van der Waals surface area contributed by atoms with Gasteiger partial charge in [0.25, 0.3) is 0 Å². The van der Waals surface area contributed by atoms with Gasteiger partial charge < -0.3 is 5.32 Å². The van der Waals surface area contributed by atoms with Crippen molar-refractivity contribution in [3.63, 3.8) is 0 Å². The van der Waals surface area contributed by atoms with Crippen LogP contribution < -0.4 is 5.32 Å². The normalized spacial score (nSPS) is 23.7. The number of anilines is 1. The van der Waals surface area contributed by atoms with Gasteiger partial charge in [0.05, 0.1) is 16.2 Å². The van der Waals surface area contributed by atoms with Crippen LogP contribution in [0.25, 0.3) is 0 Å². The Labute approximate surface area is 137 Å². The van der Waals surface area contributed by atoms with E-state index in [1.165, 1.54) is 54.5 Å². The van der Waals surface area contributed by atoms with E-state index >= 15 is 0 Å². The lowest BCUT2D eigenvalue weighted by Gasteiger charge is -2.34. The Morgan fingerprint density at radius 3 is 2.57 bits per heavy atom. The molecule has 0 amide bonds. The van der Waals surface area contributed by atoms with E-state index in [1.54, 1.807) is 0 Å². The van der Waals surface area contributed by atoms with Crippen LogP contribution in [0.4, 0.5) is 5.82 Å². The number of nitrogens with zero attached hydrogens (tertiary/aromatic N) is 2. The maximum Gasteiger partial charge on any atom is 0.139 e. The third kappa shape index (κ3) is 3.30. The van der Waals surface area contributed by atoms with Gasteiger partial charge >= 0.3 is 0 Å². The van der Waals surface area contributed by atoms with Crippen LogP contribution in [-0.2, 0) is 6.42 Å². The third-order valence-corrected chi connectivity index (χ3v) is 5.69. The number of rotatable bonds is 2. The van der Waals surface area contributed by atoms with Crippen molar-refractivity contribution in [2.45, 2.75) is 71.8 Å². The molecular weight excluding hydrogens is 326 g/mol. The fourth-order valence-corrected chi connectivity index (χ4v) is 4.43. The molecule has 21 heavy (non-hydrogen) atoms. The van der Waals surface area contributed by atoms with E-state index in [-0.39, 0.29) is 5.41 Å². The summed E-state index contributed by atoms with van der Waals surface area (Å²) in [5.74, 6) is 2.05. The van der Waals surface area contributed by atoms with Crippen molar-refractivity contribution in [2.24, 2.45) is 11.3 Å². The zero-order chi connectivity index (χ0) is 15.0. The van der Waals surface area contributed by atoms with Crippen molar-refractivity contribution in [3.8, 4) is 0 Å². The van der Waals surface area contributed by atoms with Gasteiger partial charge in [0.1, 0.15) is 5.82 Å². The van der Waals surface area contributed by atoms with Gasteiger partial charge in [-0.25, -0.2) is 4.68 Å². The second-order valence-corrected chi connectivity index (χ2v) is 8.77. The summed E-state index contributed by atoms with van der Waals surface area (Å²) in [7, 11) is 0. The van der Waals surface area contributed by atoms with E-state index in [9.17, 15) is 0 Å². The highest BCUT2D eigenvalue weighted by molar-refractivity contribution is 9.10. The van der Waals surface area contributed by atoms with E-state index in [0.29, 0.717) is 6.04 Å². The fraction of sp³-hybridized carbons (Fsp3) is 0.824. The Morgan fingerprint density at radius 2 is 1.90 bits per heavy atom. The maximum atomic E-state index is 5.00. The molecule has 1 unspecified atom stereocenters. The highest BCUT2D eigenvalue weighted by atomic mass is 79.9. The van der Waals surface area contributed by atoms with Crippen molar-refractivity contribution in [1.29, 1.82) is 0 Å². The molecule has 1 aliphatic heterocycles. The van der Waals surface area contributed by atoms with Crippen molar-refractivity contribution < 1.29 is 0 Å². The van der Waals surface area contributed by atoms with Crippen LogP contribution in [0, 0.1) is 11.3 Å². The molecule has 1 saturated carbocycles. The van der Waals surface area contributed by atoms with E-state index in [0.717, 1.165) is 18.9 Å². The number of fused-ring (bicyclic) bond motifs is 1. The summed E-state index contributed by atoms with van der Waals surface area (Å²) in [5, 5.41) is 8.56. The van der Waals surface area contributed by atoms with Crippen LogP contribution in [0.5, 0.6) is 0 Å². The first-order valence-corrected chi connectivity index (χ1v) is 9.26. The zero-order valence-electron chi connectivity index (χ0n) is 13.6. The van der Waals surface area contributed by atoms with Crippen LogP contribution in [0.15, 0.2) is 4.47 Å². The molecular formula is C17H28BrN3. The number of aromatic nitrogens is 2. The average Bonchev–Trinajstić information content (AvgIpc) is 2.75. The highest BCUT2D eigenvalue weighted by Crippen LogP contribution is 2.41. The minimum atomic E-state index is 0.271. The van der Waals surface area contributed by atoms with E-state index in [1.807, 2.05) is 0 Å². The standard InChI is InChI=1S/C17H28BrN3/c1-17(2,3)11-13-15(18)16-19-10-9-14(21(16)20-13)12-7-5-4-6-8-12/h12,14,19H,4-11H2,1-3H3. The SMILES string of the molecule is CC(C)(C)Cc1nn2c(c1Br)NCCC2C1CCCCC1. The Morgan fingerprint density at radius 1 is 1.19 bits per heavy atom. The molecule has 118 valence electrons. The van der Waals surface area contributed by atoms with Gasteiger partial charge in [-0.1, -0.05) is 40.0 Å². The predicted molar refractivity (Wildman–Crippen MR) is 91.8 cm³/mol. The number of nitrogens with one attached hydrogen (secondary N) is 1. The molecule has 0 aromatic carbocycles. The monoisotopic (exact) mass is 353 g/mol. The highest BCUT2D eigenvalue weighted by Gasteiger charge is 2.32. The molecule has 0 radical (unpaired) electrons. The molecule has 1 atom stereocenters. The third-order valence-electron chi connectivity index (χ3n) is 4.86. The molecule has 1 fully saturated rings. The van der Waals surface area contributed by atoms with Gasteiger partial charge in [-0.15, -0.1) is 0 Å². The van der Waals surface area contributed by atoms with Crippen LogP contribution in [0.1, 0.15) is 71.0 Å². The van der Waals surface area contributed by atoms with Crippen molar-refractivity contribution >= 4 is 21.7 Å². The van der Waals surface area contributed by atoms with Gasteiger partial charge in [0, 0.05) is 6.54 Å². The Hall–Kier alpha value is -0.510. The summed E-state index contributed by atoms with van der Waals surface area (Å²) >= 11 is 3.80.